The Morgan fingerprint density at radius 2 is 2.00 bits per heavy atom. The van der Waals surface area contributed by atoms with Gasteiger partial charge in [-0.05, 0) is 22.9 Å². The summed E-state index contributed by atoms with van der Waals surface area (Å²) in [6.45, 7) is 0. The number of rotatable bonds is 4. The van der Waals surface area contributed by atoms with Gasteiger partial charge >= 0.3 is 5.97 Å². The monoisotopic (exact) mass is 336 g/mol. The summed E-state index contributed by atoms with van der Waals surface area (Å²) in [7, 11) is 0. The van der Waals surface area contributed by atoms with Crippen molar-refractivity contribution in [3.63, 3.8) is 0 Å². The Bertz CT molecular complexity index is 789. The van der Waals surface area contributed by atoms with Crippen molar-refractivity contribution in [1.82, 2.24) is 4.98 Å². The topological polar surface area (TPSA) is 79.3 Å². The zero-order valence-corrected chi connectivity index (χ0v) is 12.8. The molecule has 0 atom stereocenters. The second-order valence-corrected chi connectivity index (χ2v) is 6.66. The van der Waals surface area contributed by atoms with E-state index in [0.29, 0.717) is 5.69 Å². The molecule has 0 aliphatic rings. The number of aromatic nitrogens is 1. The summed E-state index contributed by atoms with van der Waals surface area (Å²) >= 11 is 4.00. The lowest BCUT2D eigenvalue weighted by Gasteiger charge is -2.01. The Balaban J connectivity index is 1.80. The number of carboxylic acids is 1. The third kappa shape index (κ3) is 2.87. The van der Waals surface area contributed by atoms with E-state index < -0.39 is 11.9 Å². The summed E-state index contributed by atoms with van der Waals surface area (Å²) < 4.78 is 0. The first-order valence-corrected chi connectivity index (χ1v) is 8.40. The fourth-order valence-electron chi connectivity index (χ4n) is 1.65. The molecule has 0 saturated carbocycles. The number of nitrogens with one attached hydrogen (secondary N) is 1. The number of hydrogen-bond donors (Lipinski definition) is 2. The van der Waals surface area contributed by atoms with Crippen LogP contribution in [0, 0.1) is 0 Å². The van der Waals surface area contributed by atoms with Gasteiger partial charge in [0.05, 0.1) is 10.6 Å². The average molecular weight is 336 g/mol. The molecule has 0 aliphatic carbocycles. The number of nitrogens with zero attached hydrogens (tertiary/aromatic N) is 1. The number of carbonyl (C=O) groups is 2. The molecular formula is C13H8N2O3S3. The van der Waals surface area contributed by atoms with Crippen LogP contribution in [-0.4, -0.2) is 22.0 Å². The molecule has 8 heteroatoms. The highest BCUT2D eigenvalue weighted by Gasteiger charge is 2.17. The van der Waals surface area contributed by atoms with Gasteiger partial charge in [0.25, 0.3) is 5.91 Å². The standard InChI is InChI=1S/C13H8N2O3S3/c16-11(14-7-3-5-20-10(7)13(17)18)8-6-21-12(15-8)9-2-1-4-19-9/h1-6H,(H,14,16)(H,17,18). The molecule has 1 amide bonds. The fraction of sp³-hybridized carbons (Fsp3) is 0. The van der Waals surface area contributed by atoms with Crippen LogP contribution in [-0.2, 0) is 0 Å². The SMILES string of the molecule is O=C(Nc1ccsc1C(=O)O)c1csc(-c2cccs2)n1. The van der Waals surface area contributed by atoms with Crippen LogP contribution in [0.1, 0.15) is 20.2 Å². The van der Waals surface area contributed by atoms with Crippen LogP contribution in [0.5, 0.6) is 0 Å². The molecule has 0 radical (unpaired) electrons. The number of thiophene rings is 2. The maximum Gasteiger partial charge on any atom is 0.348 e. The molecule has 2 N–H and O–H groups in total. The molecule has 0 saturated heterocycles. The summed E-state index contributed by atoms with van der Waals surface area (Å²) in [5.41, 5.74) is 0.578. The summed E-state index contributed by atoms with van der Waals surface area (Å²) in [5, 5.41) is 17.6. The molecule has 3 aromatic heterocycles. The van der Waals surface area contributed by atoms with Gasteiger partial charge < -0.3 is 10.4 Å². The van der Waals surface area contributed by atoms with Crippen LogP contribution in [0.25, 0.3) is 9.88 Å². The number of aromatic carboxylic acids is 1. The van der Waals surface area contributed by atoms with E-state index in [1.54, 1.807) is 28.2 Å². The van der Waals surface area contributed by atoms with Gasteiger partial charge in [0.2, 0.25) is 0 Å². The molecule has 21 heavy (non-hydrogen) atoms. The lowest BCUT2D eigenvalue weighted by atomic mass is 10.3. The Kier molecular flexibility index (Phi) is 3.82. The van der Waals surface area contributed by atoms with E-state index in [1.807, 2.05) is 17.5 Å². The first-order valence-electron chi connectivity index (χ1n) is 5.76. The van der Waals surface area contributed by atoms with E-state index in [-0.39, 0.29) is 10.6 Å². The predicted octanol–water partition coefficient (Wildman–Crippen LogP) is 3.88. The summed E-state index contributed by atoms with van der Waals surface area (Å²) in [4.78, 5) is 28.5. The van der Waals surface area contributed by atoms with Crippen molar-refractivity contribution in [1.29, 1.82) is 0 Å². The maximum atomic E-state index is 12.1. The molecule has 0 bridgehead atoms. The Morgan fingerprint density at radius 1 is 1.14 bits per heavy atom. The minimum atomic E-state index is -1.06. The number of hydrogen-bond acceptors (Lipinski definition) is 6. The molecule has 3 aromatic rings. The van der Waals surface area contributed by atoms with E-state index >= 15 is 0 Å². The van der Waals surface area contributed by atoms with Crippen LogP contribution in [0.3, 0.4) is 0 Å². The van der Waals surface area contributed by atoms with E-state index in [4.69, 9.17) is 5.11 Å². The molecule has 0 aromatic carbocycles. The van der Waals surface area contributed by atoms with Gasteiger partial charge in [-0.2, -0.15) is 0 Å². The van der Waals surface area contributed by atoms with Gasteiger partial charge in [-0.3, -0.25) is 4.79 Å². The number of anilines is 1. The molecule has 0 unspecified atom stereocenters. The minimum absolute atomic E-state index is 0.108. The molecule has 0 aliphatic heterocycles. The smallest absolute Gasteiger partial charge is 0.348 e. The zero-order valence-electron chi connectivity index (χ0n) is 10.4. The second kappa shape index (κ2) is 5.76. The number of carbonyl (C=O) groups excluding carboxylic acids is 1. The van der Waals surface area contributed by atoms with Crippen LogP contribution < -0.4 is 5.32 Å². The number of amides is 1. The number of carboxylic acid groups (broad SMARTS) is 1. The molecule has 3 rings (SSSR count). The third-order valence-corrected chi connectivity index (χ3v) is 5.36. The predicted molar refractivity (Wildman–Crippen MR) is 84.7 cm³/mol. The lowest BCUT2D eigenvalue weighted by Crippen LogP contribution is -2.13. The van der Waals surface area contributed by atoms with Crippen LogP contribution in [0.2, 0.25) is 0 Å². The molecule has 106 valence electrons. The van der Waals surface area contributed by atoms with E-state index in [2.05, 4.69) is 10.3 Å². The fourth-order valence-corrected chi connectivity index (χ4v) is 3.95. The van der Waals surface area contributed by atoms with E-state index in [1.165, 1.54) is 11.3 Å². The van der Waals surface area contributed by atoms with Crippen molar-refractivity contribution in [2.45, 2.75) is 0 Å². The van der Waals surface area contributed by atoms with Crippen LogP contribution >= 0.6 is 34.0 Å². The van der Waals surface area contributed by atoms with Gasteiger partial charge in [-0.25, -0.2) is 9.78 Å². The van der Waals surface area contributed by atoms with Crippen LogP contribution in [0.15, 0.2) is 34.3 Å². The van der Waals surface area contributed by atoms with Crippen LogP contribution in [0.4, 0.5) is 5.69 Å². The second-order valence-electron chi connectivity index (χ2n) is 3.94. The first-order chi connectivity index (χ1) is 10.1. The molecular weight excluding hydrogens is 328 g/mol. The largest absolute Gasteiger partial charge is 0.477 e. The molecule has 0 spiro atoms. The van der Waals surface area contributed by atoms with Crippen molar-refractivity contribution in [3.05, 3.63) is 44.9 Å². The van der Waals surface area contributed by atoms with Crippen molar-refractivity contribution in [3.8, 4) is 9.88 Å². The highest BCUT2D eigenvalue weighted by molar-refractivity contribution is 7.20. The van der Waals surface area contributed by atoms with Gasteiger partial charge in [-0.1, -0.05) is 6.07 Å². The van der Waals surface area contributed by atoms with Crippen molar-refractivity contribution in [2.75, 3.05) is 5.32 Å². The Labute approximate surface area is 131 Å². The summed E-state index contributed by atoms with van der Waals surface area (Å²) in [6, 6.07) is 5.43. The Hall–Kier alpha value is -2.03. The third-order valence-electron chi connectivity index (χ3n) is 2.58. The first kappa shape index (κ1) is 13.9. The average Bonchev–Trinajstić information content (AvgIpc) is 3.19. The van der Waals surface area contributed by atoms with E-state index in [9.17, 15) is 9.59 Å². The van der Waals surface area contributed by atoms with Gasteiger partial charge in [0, 0.05) is 5.38 Å². The summed E-state index contributed by atoms with van der Waals surface area (Å²) in [5.74, 6) is -1.46. The Morgan fingerprint density at radius 3 is 2.71 bits per heavy atom. The highest BCUT2D eigenvalue weighted by Crippen LogP contribution is 2.28. The quantitative estimate of drug-likeness (QED) is 0.757. The normalized spacial score (nSPS) is 10.5. The highest BCUT2D eigenvalue weighted by atomic mass is 32.1. The molecule has 3 heterocycles. The van der Waals surface area contributed by atoms with Crippen molar-refractivity contribution in [2.24, 2.45) is 0 Å². The van der Waals surface area contributed by atoms with Crippen molar-refractivity contribution >= 4 is 51.6 Å². The van der Waals surface area contributed by atoms with Gasteiger partial charge in [0.1, 0.15) is 15.6 Å². The van der Waals surface area contributed by atoms with Crippen molar-refractivity contribution < 1.29 is 14.7 Å². The maximum absolute atomic E-state index is 12.1. The zero-order chi connectivity index (χ0) is 14.8. The molecule has 0 fully saturated rings. The lowest BCUT2D eigenvalue weighted by molar-refractivity contribution is 0.0703. The molecule has 5 nitrogen and oxygen atoms in total. The minimum Gasteiger partial charge on any atom is -0.477 e. The van der Waals surface area contributed by atoms with Gasteiger partial charge in [0.15, 0.2) is 0 Å². The summed E-state index contributed by atoms with van der Waals surface area (Å²) in [6.07, 6.45) is 0. The van der Waals surface area contributed by atoms with Gasteiger partial charge in [-0.15, -0.1) is 34.0 Å². The number of thiazole rings is 1. The van der Waals surface area contributed by atoms with E-state index in [0.717, 1.165) is 21.2 Å².